The maximum absolute atomic E-state index is 10.8. The summed E-state index contributed by atoms with van der Waals surface area (Å²) in [5.74, 6) is 0. The second-order valence-electron chi connectivity index (χ2n) is 3.13. The molecule has 3 heteroatoms. The standard InChI is InChI=1S/C11H12N2O/c1-9-4-3-5-10(2)11(9)13(8-14)7-6-12/h3-5,8H,7H2,1-2H3. The summed E-state index contributed by atoms with van der Waals surface area (Å²) in [6.07, 6.45) is 0.693. The highest BCUT2D eigenvalue weighted by molar-refractivity contribution is 5.79. The molecule has 1 rings (SSSR count). The zero-order valence-corrected chi connectivity index (χ0v) is 8.32. The molecule has 0 fully saturated rings. The number of benzene rings is 1. The molecule has 1 aromatic rings. The number of rotatable bonds is 3. The van der Waals surface area contributed by atoms with E-state index < -0.39 is 0 Å². The maximum atomic E-state index is 10.8. The highest BCUT2D eigenvalue weighted by Crippen LogP contribution is 2.22. The van der Waals surface area contributed by atoms with Gasteiger partial charge in [0.15, 0.2) is 0 Å². The van der Waals surface area contributed by atoms with Gasteiger partial charge in [-0.1, -0.05) is 18.2 Å². The van der Waals surface area contributed by atoms with E-state index in [0.29, 0.717) is 6.41 Å². The van der Waals surface area contributed by atoms with E-state index in [1.807, 2.05) is 38.1 Å². The van der Waals surface area contributed by atoms with Crippen LogP contribution in [0.2, 0.25) is 0 Å². The van der Waals surface area contributed by atoms with Crippen LogP contribution in [0.15, 0.2) is 18.2 Å². The van der Waals surface area contributed by atoms with Crippen molar-refractivity contribution in [3.05, 3.63) is 29.3 Å². The molecule has 0 aliphatic rings. The van der Waals surface area contributed by atoms with Crippen LogP contribution < -0.4 is 4.90 Å². The first-order chi connectivity index (χ1) is 6.70. The second-order valence-corrected chi connectivity index (χ2v) is 3.13. The third-order valence-corrected chi connectivity index (χ3v) is 2.10. The van der Waals surface area contributed by atoms with Crippen LogP contribution in [-0.2, 0) is 4.79 Å². The summed E-state index contributed by atoms with van der Waals surface area (Å²) >= 11 is 0. The molecular weight excluding hydrogens is 176 g/mol. The minimum Gasteiger partial charge on any atom is -0.301 e. The summed E-state index contributed by atoms with van der Waals surface area (Å²) in [5, 5.41) is 8.56. The molecule has 1 aromatic carbocycles. The molecule has 1 amide bonds. The number of para-hydroxylation sites is 1. The first-order valence-corrected chi connectivity index (χ1v) is 4.35. The minimum atomic E-state index is 0.0925. The van der Waals surface area contributed by atoms with E-state index in [1.54, 1.807) is 0 Å². The fourth-order valence-electron chi connectivity index (χ4n) is 1.50. The van der Waals surface area contributed by atoms with Crippen molar-refractivity contribution in [1.29, 1.82) is 5.26 Å². The van der Waals surface area contributed by atoms with Crippen LogP contribution in [0.25, 0.3) is 0 Å². The SMILES string of the molecule is Cc1cccc(C)c1N(C=O)CC#N. The largest absolute Gasteiger partial charge is 0.301 e. The number of carbonyl (C=O) groups excluding carboxylic acids is 1. The molecule has 0 radical (unpaired) electrons. The predicted octanol–water partition coefficient (Wildman–Crippen LogP) is 1.79. The average molecular weight is 188 g/mol. The predicted molar refractivity (Wildman–Crippen MR) is 54.9 cm³/mol. The molecule has 0 aromatic heterocycles. The van der Waals surface area contributed by atoms with Gasteiger partial charge >= 0.3 is 0 Å². The number of hydrogen-bond acceptors (Lipinski definition) is 2. The third-order valence-electron chi connectivity index (χ3n) is 2.10. The van der Waals surface area contributed by atoms with E-state index >= 15 is 0 Å². The van der Waals surface area contributed by atoms with Gasteiger partial charge in [-0.15, -0.1) is 0 Å². The Morgan fingerprint density at radius 2 is 2.00 bits per heavy atom. The Morgan fingerprint density at radius 3 is 2.43 bits per heavy atom. The van der Waals surface area contributed by atoms with Gasteiger partial charge in [-0.3, -0.25) is 4.79 Å². The Morgan fingerprint density at radius 1 is 1.43 bits per heavy atom. The number of nitrogens with zero attached hydrogens (tertiary/aromatic N) is 2. The fourth-order valence-corrected chi connectivity index (χ4v) is 1.50. The Kier molecular flexibility index (Phi) is 3.24. The average Bonchev–Trinajstić information content (AvgIpc) is 2.16. The molecule has 72 valence electrons. The summed E-state index contributed by atoms with van der Waals surface area (Å²) in [6, 6.07) is 7.75. The van der Waals surface area contributed by atoms with Gasteiger partial charge in [0, 0.05) is 0 Å². The quantitative estimate of drug-likeness (QED) is 0.536. The van der Waals surface area contributed by atoms with Crippen molar-refractivity contribution < 1.29 is 4.79 Å². The van der Waals surface area contributed by atoms with Crippen molar-refractivity contribution in [2.45, 2.75) is 13.8 Å². The molecule has 3 nitrogen and oxygen atoms in total. The van der Waals surface area contributed by atoms with Crippen LogP contribution in [0.5, 0.6) is 0 Å². The molecule has 0 unspecified atom stereocenters. The zero-order valence-electron chi connectivity index (χ0n) is 8.32. The smallest absolute Gasteiger partial charge is 0.215 e. The maximum Gasteiger partial charge on any atom is 0.215 e. The normalized spacial score (nSPS) is 9.21. The van der Waals surface area contributed by atoms with Gasteiger partial charge in [0.05, 0.1) is 11.8 Å². The molecule has 0 aliphatic carbocycles. The molecule has 0 atom stereocenters. The van der Waals surface area contributed by atoms with E-state index in [1.165, 1.54) is 4.90 Å². The van der Waals surface area contributed by atoms with Gasteiger partial charge in [-0.2, -0.15) is 5.26 Å². The van der Waals surface area contributed by atoms with Gasteiger partial charge < -0.3 is 4.90 Å². The van der Waals surface area contributed by atoms with Gasteiger partial charge in [0.25, 0.3) is 0 Å². The molecule has 0 N–H and O–H groups in total. The number of amides is 1. The molecule has 14 heavy (non-hydrogen) atoms. The molecular formula is C11H12N2O. The molecule has 0 aliphatic heterocycles. The molecule has 0 spiro atoms. The summed E-state index contributed by atoms with van der Waals surface area (Å²) in [4.78, 5) is 12.2. The number of hydrogen-bond donors (Lipinski definition) is 0. The van der Waals surface area contributed by atoms with Crippen molar-refractivity contribution >= 4 is 12.1 Å². The Balaban J connectivity index is 3.16. The fraction of sp³-hybridized carbons (Fsp3) is 0.273. The van der Waals surface area contributed by atoms with E-state index in [4.69, 9.17) is 5.26 Å². The Hall–Kier alpha value is -1.82. The van der Waals surface area contributed by atoms with Crippen molar-refractivity contribution in [2.24, 2.45) is 0 Å². The lowest BCUT2D eigenvalue weighted by molar-refractivity contribution is -0.107. The summed E-state index contributed by atoms with van der Waals surface area (Å²) in [6.45, 7) is 3.95. The lowest BCUT2D eigenvalue weighted by Crippen LogP contribution is -2.22. The molecule has 0 saturated heterocycles. The van der Waals surface area contributed by atoms with Crippen molar-refractivity contribution in [1.82, 2.24) is 0 Å². The highest BCUT2D eigenvalue weighted by Gasteiger charge is 2.09. The topological polar surface area (TPSA) is 44.1 Å². The van der Waals surface area contributed by atoms with Crippen molar-refractivity contribution in [3.8, 4) is 6.07 Å². The zero-order chi connectivity index (χ0) is 10.6. The van der Waals surface area contributed by atoms with E-state index in [-0.39, 0.29) is 6.54 Å². The van der Waals surface area contributed by atoms with Gasteiger partial charge in [0.1, 0.15) is 6.54 Å². The number of nitriles is 1. The van der Waals surface area contributed by atoms with Gasteiger partial charge in [0.2, 0.25) is 6.41 Å². The number of carbonyl (C=O) groups is 1. The molecule has 0 saturated carbocycles. The van der Waals surface area contributed by atoms with Crippen LogP contribution in [-0.4, -0.2) is 13.0 Å². The van der Waals surface area contributed by atoms with Crippen LogP contribution in [0.1, 0.15) is 11.1 Å². The molecule has 0 bridgehead atoms. The Bertz CT molecular complexity index is 359. The van der Waals surface area contributed by atoms with Crippen LogP contribution in [0, 0.1) is 25.2 Å². The number of aryl methyl sites for hydroxylation is 2. The van der Waals surface area contributed by atoms with Crippen LogP contribution in [0.4, 0.5) is 5.69 Å². The lowest BCUT2D eigenvalue weighted by Gasteiger charge is -2.18. The van der Waals surface area contributed by atoms with Crippen LogP contribution >= 0.6 is 0 Å². The summed E-state index contributed by atoms with van der Waals surface area (Å²) in [7, 11) is 0. The summed E-state index contributed by atoms with van der Waals surface area (Å²) in [5.41, 5.74) is 2.85. The number of anilines is 1. The minimum absolute atomic E-state index is 0.0925. The van der Waals surface area contributed by atoms with Crippen molar-refractivity contribution in [2.75, 3.05) is 11.4 Å². The second kappa shape index (κ2) is 4.43. The highest BCUT2D eigenvalue weighted by atomic mass is 16.1. The van der Waals surface area contributed by atoms with Gasteiger partial charge in [-0.25, -0.2) is 0 Å². The van der Waals surface area contributed by atoms with Gasteiger partial charge in [-0.05, 0) is 25.0 Å². The monoisotopic (exact) mass is 188 g/mol. The van der Waals surface area contributed by atoms with Crippen LogP contribution in [0.3, 0.4) is 0 Å². The van der Waals surface area contributed by atoms with Crippen molar-refractivity contribution in [3.63, 3.8) is 0 Å². The Labute approximate surface area is 83.6 Å². The summed E-state index contributed by atoms with van der Waals surface area (Å²) < 4.78 is 0. The third kappa shape index (κ3) is 1.91. The first kappa shape index (κ1) is 10.3. The van der Waals surface area contributed by atoms with E-state index in [2.05, 4.69) is 0 Å². The first-order valence-electron chi connectivity index (χ1n) is 4.35. The van der Waals surface area contributed by atoms with E-state index in [9.17, 15) is 4.79 Å². The molecule has 0 heterocycles. The lowest BCUT2D eigenvalue weighted by atomic mass is 10.1. The van der Waals surface area contributed by atoms with E-state index in [0.717, 1.165) is 16.8 Å².